The highest BCUT2D eigenvalue weighted by Gasteiger charge is 2.08. The highest BCUT2D eigenvalue weighted by Crippen LogP contribution is 2.20. The first-order chi connectivity index (χ1) is 3.39. The number of hydrogen-bond donors (Lipinski definition) is 0. The maximum absolute atomic E-state index is 5.76. The average Bonchev–Trinajstić information content (AvgIpc) is 1.69. The van der Waals surface area contributed by atoms with E-state index in [0.29, 0.717) is 5.38 Å². The first-order valence-corrected chi connectivity index (χ1v) is 3.30. The second-order valence-corrected chi connectivity index (χ2v) is 2.60. The summed E-state index contributed by atoms with van der Waals surface area (Å²) in [4.78, 5) is 0. The van der Waals surface area contributed by atoms with Crippen molar-refractivity contribution in [2.45, 2.75) is 31.1 Å². The van der Waals surface area contributed by atoms with Crippen molar-refractivity contribution in [3.05, 3.63) is 6.42 Å². The number of hydrogen-bond acceptors (Lipinski definition) is 0. The van der Waals surface area contributed by atoms with Gasteiger partial charge in [0.15, 0.2) is 0 Å². The summed E-state index contributed by atoms with van der Waals surface area (Å²) in [7, 11) is 0. The average molecular weight is 118 g/mol. The van der Waals surface area contributed by atoms with Crippen LogP contribution in [0.1, 0.15) is 25.7 Å². The highest BCUT2D eigenvalue weighted by molar-refractivity contribution is 6.21. The van der Waals surface area contributed by atoms with Gasteiger partial charge in [0.2, 0.25) is 0 Å². The van der Waals surface area contributed by atoms with Gasteiger partial charge < -0.3 is 0 Å². The number of halogens is 1. The molecule has 0 saturated heterocycles. The van der Waals surface area contributed by atoms with Gasteiger partial charge in [-0.15, -0.1) is 11.6 Å². The fraction of sp³-hybridized carbons (Fsp3) is 0.833. The van der Waals surface area contributed by atoms with E-state index in [1.54, 1.807) is 0 Å². The van der Waals surface area contributed by atoms with Crippen molar-refractivity contribution in [1.82, 2.24) is 0 Å². The third-order valence-corrected chi connectivity index (χ3v) is 1.75. The Hall–Kier alpha value is 0.290. The molecule has 0 heterocycles. The van der Waals surface area contributed by atoms with Crippen LogP contribution in [0.25, 0.3) is 0 Å². The lowest BCUT2D eigenvalue weighted by Crippen LogP contribution is -2.04. The zero-order valence-corrected chi connectivity index (χ0v) is 5.12. The van der Waals surface area contributed by atoms with Gasteiger partial charge >= 0.3 is 0 Å². The van der Waals surface area contributed by atoms with E-state index >= 15 is 0 Å². The highest BCUT2D eigenvalue weighted by atomic mass is 35.5. The molecule has 1 aliphatic rings. The molecule has 0 nitrogen and oxygen atoms in total. The van der Waals surface area contributed by atoms with Crippen LogP contribution in [0.3, 0.4) is 0 Å². The van der Waals surface area contributed by atoms with Gasteiger partial charge in [-0.3, -0.25) is 0 Å². The molecule has 1 saturated carbocycles. The molecule has 0 aromatic carbocycles. The van der Waals surface area contributed by atoms with Gasteiger partial charge in [-0.2, -0.15) is 0 Å². The molecule has 41 valence electrons. The molecule has 0 amide bonds. The summed E-state index contributed by atoms with van der Waals surface area (Å²) in [6.45, 7) is 0. The lowest BCUT2D eigenvalue weighted by atomic mass is 10.0. The van der Waals surface area contributed by atoms with Crippen molar-refractivity contribution in [3.63, 3.8) is 0 Å². The Balaban J connectivity index is 2.12. The predicted molar refractivity (Wildman–Crippen MR) is 32.4 cm³/mol. The maximum atomic E-state index is 5.76. The molecule has 0 aromatic rings. The molecule has 1 fully saturated rings. The SMILES string of the molecule is ClC1[CH]CCCC1. The molecule has 0 aliphatic heterocycles. The summed E-state index contributed by atoms with van der Waals surface area (Å²) >= 11 is 5.76. The molecule has 1 heteroatoms. The molecule has 0 aromatic heterocycles. The van der Waals surface area contributed by atoms with Crippen molar-refractivity contribution in [2.24, 2.45) is 0 Å². The van der Waals surface area contributed by atoms with Gasteiger partial charge in [-0.05, 0) is 19.3 Å². The molecule has 1 aliphatic carbocycles. The predicted octanol–water partition coefficient (Wildman–Crippen LogP) is 2.37. The fourth-order valence-electron chi connectivity index (χ4n) is 0.900. The van der Waals surface area contributed by atoms with Crippen molar-refractivity contribution in [3.8, 4) is 0 Å². The molecular weight excluding hydrogens is 108 g/mol. The first kappa shape index (κ1) is 5.43. The van der Waals surface area contributed by atoms with Crippen LogP contribution in [0.15, 0.2) is 0 Å². The van der Waals surface area contributed by atoms with Crippen LogP contribution < -0.4 is 0 Å². The molecule has 1 atom stereocenters. The Kier molecular flexibility index (Phi) is 1.99. The molecule has 1 unspecified atom stereocenters. The summed E-state index contributed by atoms with van der Waals surface area (Å²) in [5.74, 6) is 0. The Morgan fingerprint density at radius 1 is 1.43 bits per heavy atom. The van der Waals surface area contributed by atoms with Gasteiger partial charge in [0.25, 0.3) is 0 Å². The normalized spacial score (nSPS) is 25.3. The standard InChI is InChI=1S/C6H10Cl/c7-6-4-2-1-3-5-6/h4,6H,1-3,5H2. The summed E-state index contributed by atoms with van der Waals surface area (Å²) < 4.78 is 0. The smallest absolute Gasteiger partial charge is 0.0367 e. The minimum absolute atomic E-state index is 0.383. The maximum Gasteiger partial charge on any atom is 0.0367 e. The van der Waals surface area contributed by atoms with Crippen molar-refractivity contribution >= 4 is 11.6 Å². The Labute approximate surface area is 49.9 Å². The minimum atomic E-state index is 0.383. The van der Waals surface area contributed by atoms with E-state index in [-0.39, 0.29) is 0 Å². The van der Waals surface area contributed by atoms with E-state index in [1.165, 1.54) is 25.7 Å². The van der Waals surface area contributed by atoms with Crippen LogP contribution >= 0.6 is 11.6 Å². The van der Waals surface area contributed by atoms with Crippen molar-refractivity contribution < 1.29 is 0 Å². The second-order valence-electron chi connectivity index (χ2n) is 2.04. The number of rotatable bonds is 0. The van der Waals surface area contributed by atoms with E-state index in [4.69, 9.17) is 11.6 Å². The van der Waals surface area contributed by atoms with Crippen LogP contribution in [0.2, 0.25) is 0 Å². The lowest BCUT2D eigenvalue weighted by Gasteiger charge is -2.13. The fourth-order valence-corrected chi connectivity index (χ4v) is 1.18. The van der Waals surface area contributed by atoms with Gasteiger partial charge in [-0.1, -0.05) is 12.8 Å². The molecule has 7 heavy (non-hydrogen) atoms. The Morgan fingerprint density at radius 2 is 2.29 bits per heavy atom. The Morgan fingerprint density at radius 3 is 2.57 bits per heavy atom. The van der Waals surface area contributed by atoms with E-state index in [1.807, 2.05) is 0 Å². The van der Waals surface area contributed by atoms with E-state index in [2.05, 4.69) is 6.42 Å². The lowest BCUT2D eigenvalue weighted by molar-refractivity contribution is 0.598. The van der Waals surface area contributed by atoms with E-state index in [0.717, 1.165) is 0 Å². The van der Waals surface area contributed by atoms with Crippen molar-refractivity contribution in [1.29, 1.82) is 0 Å². The molecular formula is C6H10Cl. The summed E-state index contributed by atoms with van der Waals surface area (Å²) in [6, 6.07) is 0. The van der Waals surface area contributed by atoms with Gasteiger partial charge in [0.1, 0.15) is 0 Å². The van der Waals surface area contributed by atoms with E-state index in [9.17, 15) is 0 Å². The first-order valence-electron chi connectivity index (χ1n) is 2.87. The zero-order chi connectivity index (χ0) is 5.11. The molecule has 0 bridgehead atoms. The van der Waals surface area contributed by atoms with Crippen LogP contribution in [0.5, 0.6) is 0 Å². The largest absolute Gasteiger partial charge is 0.123 e. The molecule has 1 rings (SSSR count). The van der Waals surface area contributed by atoms with Crippen LogP contribution in [-0.4, -0.2) is 5.38 Å². The summed E-state index contributed by atoms with van der Waals surface area (Å²) in [6.07, 6.45) is 7.30. The summed E-state index contributed by atoms with van der Waals surface area (Å²) in [5, 5.41) is 0.383. The van der Waals surface area contributed by atoms with Gasteiger partial charge in [0, 0.05) is 5.38 Å². The van der Waals surface area contributed by atoms with Gasteiger partial charge in [0.05, 0.1) is 0 Å². The molecule has 1 radical (unpaired) electrons. The van der Waals surface area contributed by atoms with Crippen molar-refractivity contribution in [2.75, 3.05) is 0 Å². The number of alkyl halides is 1. The summed E-state index contributed by atoms with van der Waals surface area (Å²) in [5.41, 5.74) is 0. The van der Waals surface area contributed by atoms with Crippen LogP contribution in [0.4, 0.5) is 0 Å². The second kappa shape index (κ2) is 2.56. The minimum Gasteiger partial charge on any atom is -0.123 e. The van der Waals surface area contributed by atoms with Crippen LogP contribution in [0, 0.1) is 6.42 Å². The topological polar surface area (TPSA) is 0 Å². The monoisotopic (exact) mass is 117 g/mol. The van der Waals surface area contributed by atoms with Gasteiger partial charge in [-0.25, -0.2) is 0 Å². The Bertz CT molecular complexity index is 46.1. The quantitative estimate of drug-likeness (QED) is 0.428. The third kappa shape index (κ3) is 1.68. The van der Waals surface area contributed by atoms with Crippen LogP contribution in [-0.2, 0) is 0 Å². The molecule has 0 N–H and O–H groups in total. The zero-order valence-electron chi connectivity index (χ0n) is 4.36. The third-order valence-electron chi connectivity index (χ3n) is 1.36. The molecule has 0 spiro atoms. The van der Waals surface area contributed by atoms with E-state index < -0.39 is 0 Å².